The molecule has 0 radical (unpaired) electrons. The lowest BCUT2D eigenvalue weighted by atomic mass is 10.1. The number of H-pyrrole nitrogens is 1. The van der Waals surface area contributed by atoms with E-state index < -0.39 is 40.1 Å². The van der Waals surface area contributed by atoms with Gasteiger partial charge in [0, 0.05) is 22.7 Å². The highest BCUT2D eigenvalue weighted by Gasteiger charge is 2.41. The van der Waals surface area contributed by atoms with E-state index in [-0.39, 0.29) is 27.2 Å². The smallest absolute Gasteiger partial charge is 0.434 e. The number of aromatic amines is 1. The highest BCUT2D eigenvalue weighted by atomic mass is 35.5. The Bertz CT molecular complexity index is 1430. The van der Waals surface area contributed by atoms with Gasteiger partial charge in [-0.3, -0.25) is 9.59 Å². The first-order valence-electron chi connectivity index (χ1n) is 9.28. The highest BCUT2D eigenvalue weighted by molar-refractivity contribution is 7.90. The molecule has 0 saturated heterocycles. The van der Waals surface area contributed by atoms with E-state index in [0.29, 0.717) is 9.58 Å². The molecular formula is C21H14ClF3N4O3S. The van der Waals surface area contributed by atoms with Crippen LogP contribution in [0.2, 0.25) is 5.02 Å². The maximum atomic E-state index is 14.0. The summed E-state index contributed by atoms with van der Waals surface area (Å²) in [6.45, 7) is 0. The van der Waals surface area contributed by atoms with Crippen molar-refractivity contribution in [1.82, 2.24) is 14.8 Å². The Kier molecular flexibility index (Phi) is 5.95. The van der Waals surface area contributed by atoms with Gasteiger partial charge in [-0.1, -0.05) is 17.7 Å². The van der Waals surface area contributed by atoms with Crippen molar-refractivity contribution < 1.29 is 22.5 Å². The molecule has 0 saturated carbocycles. The van der Waals surface area contributed by atoms with Crippen LogP contribution in [0.5, 0.6) is 0 Å². The van der Waals surface area contributed by atoms with Gasteiger partial charge in [-0.25, -0.2) is 4.68 Å². The number of hydrogen-bond acceptors (Lipinski definition) is 4. The third kappa shape index (κ3) is 4.34. The van der Waals surface area contributed by atoms with Crippen molar-refractivity contribution >= 4 is 45.1 Å². The monoisotopic (exact) mass is 494 g/mol. The maximum Gasteiger partial charge on any atom is 0.434 e. The Labute approximate surface area is 192 Å². The van der Waals surface area contributed by atoms with E-state index in [4.69, 9.17) is 11.6 Å². The molecule has 0 aliphatic heterocycles. The summed E-state index contributed by atoms with van der Waals surface area (Å²) in [6.07, 6.45) is -1.39. The number of anilines is 1. The molecule has 4 rings (SSSR count). The van der Waals surface area contributed by atoms with Crippen LogP contribution in [-0.2, 0) is 17.4 Å². The number of amides is 1. The average Bonchev–Trinajstić information content (AvgIpc) is 3.19. The summed E-state index contributed by atoms with van der Waals surface area (Å²) in [5, 5.41) is 6.67. The Morgan fingerprint density at radius 1 is 1.21 bits per heavy atom. The molecule has 12 heteroatoms. The molecule has 0 bridgehead atoms. The van der Waals surface area contributed by atoms with E-state index in [9.17, 15) is 27.3 Å². The second kappa shape index (κ2) is 8.58. The lowest BCUT2D eigenvalue weighted by Gasteiger charge is -2.14. The lowest BCUT2D eigenvalue weighted by Crippen LogP contribution is -2.21. The number of aromatic nitrogens is 3. The molecule has 1 unspecified atom stereocenters. The maximum absolute atomic E-state index is 14.0. The molecule has 1 amide bonds. The largest absolute Gasteiger partial charge is 0.612 e. The minimum absolute atomic E-state index is 0.0113. The minimum atomic E-state index is -4.94. The quantitative estimate of drug-likeness (QED) is 0.411. The third-order valence-corrected chi connectivity index (χ3v) is 6.20. The number of rotatable bonds is 4. The van der Waals surface area contributed by atoms with Gasteiger partial charge in [-0.2, -0.15) is 18.3 Å². The van der Waals surface area contributed by atoms with Crippen LogP contribution in [0.4, 0.5) is 18.9 Å². The van der Waals surface area contributed by atoms with E-state index in [1.54, 1.807) is 0 Å². The molecule has 1 atom stereocenters. The second-order valence-corrected chi connectivity index (χ2v) is 8.67. The van der Waals surface area contributed by atoms with Crippen LogP contribution in [0.15, 0.2) is 64.5 Å². The highest BCUT2D eigenvalue weighted by Crippen LogP contribution is 2.35. The summed E-state index contributed by atoms with van der Waals surface area (Å²) in [6, 6.07) is 9.81. The molecule has 0 fully saturated rings. The molecular weight excluding hydrogens is 481 g/mol. The Balaban J connectivity index is 1.79. The lowest BCUT2D eigenvalue weighted by molar-refractivity contribution is -0.143. The van der Waals surface area contributed by atoms with Gasteiger partial charge < -0.3 is 14.9 Å². The van der Waals surface area contributed by atoms with Gasteiger partial charge in [0.1, 0.15) is 6.26 Å². The zero-order chi connectivity index (χ0) is 23.9. The Hall–Kier alpha value is -3.28. The van der Waals surface area contributed by atoms with Gasteiger partial charge in [-0.15, -0.1) is 0 Å². The summed E-state index contributed by atoms with van der Waals surface area (Å²) < 4.78 is 54.3. The molecule has 0 aliphatic rings. The van der Waals surface area contributed by atoms with Gasteiger partial charge in [0.15, 0.2) is 10.6 Å². The number of carbonyl (C=O) groups is 1. The van der Waals surface area contributed by atoms with Gasteiger partial charge >= 0.3 is 6.18 Å². The summed E-state index contributed by atoms with van der Waals surface area (Å²) >= 11 is 4.67. The number of halogens is 4. The van der Waals surface area contributed by atoms with Crippen LogP contribution in [0.1, 0.15) is 16.1 Å². The number of hydrogen-bond donors (Lipinski definition) is 2. The summed E-state index contributed by atoms with van der Waals surface area (Å²) in [7, 11) is 0. The zero-order valence-electron chi connectivity index (χ0n) is 16.7. The molecule has 0 spiro atoms. The van der Waals surface area contributed by atoms with Crippen molar-refractivity contribution in [2.24, 2.45) is 0 Å². The molecule has 2 heterocycles. The molecule has 2 N–H and O–H groups in total. The van der Waals surface area contributed by atoms with Crippen molar-refractivity contribution in [3.8, 4) is 5.69 Å². The van der Waals surface area contributed by atoms with Gasteiger partial charge in [0.05, 0.1) is 22.5 Å². The summed E-state index contributed by atoms with van der Waals surface area (Å²) in [5.74, 6) is -1.06. The molecule has 4 aromatic rings. The first kappa shape index (κ1) is 22.9. The molecule has 2 aromatic heterocycles. The third-order valence-electron chi connectivity index (χ3n) is 4.80. The van der Waals surface area contributed by atoms with Crippen LogP contribution in [0.25, 0.3) is 16.5 Å². The molecule has 0 aliphatic carbocycles. The minimum Gasteiger partial charge on any atom is -0.612 e. The van der Waals surface area contributed by atoms with Crippen LogP contribution in [-0.4, -0.2) is 31.5 Å². The van der Waals surface area contributed by atoms with Crippen LogP contribution >= 0.6 is 11.6 Å². The first-order valence-corrected chi connectivity index (χ1v) is 11.2. The van der Waals surface area contributed by atoms with E-state index in [1.165, 1.54) is 54.9 Å². The average molecular weight is 495 g/mol. The number of pyridine rings is 1. The summed E-state index contributed by atoms with van der Waals surface area (Å²) in [5.41, 5.74) is -2.38. The number of benzene rings is 2. The number of nitrogens with one attached hydrogen (secondary N) is 2. The zero-order valence-corrected chi connectivity index (χ0v) is 18.3. The van der Waals surface area contributed by atoms with Gasteiger partial charge in [0.2, 0.25) is 0 Å². The standard InChI is InChI=1S/C21H14ClF3N4O3S/c1-33(32)17-6-5-11(9-15(17)22)28-20(31)14-10-27-29(18(14)21(23,24)25)16-4-2-3-13-12(16)7-8-26-19(13)30/h2-10H,1H3,(H,26,30)(H,28,31). The van der Waals surface area contributed by atoms with E-state index in [0.717, 1.165) is 6.20 Å². The molecule has 33 heavy (non-hydrogen) atoms. The van der Waals surface area contributed by atoms with Crippen molar-refractivity contribution in [2.45, 2.75) is 11.1 Å². The van der Waals surface area contributed by atoms with E-state index >= 15 is 0 Å². The molecule has 7 nitrogen and oxygen atoms in total. The number of alkyl halides is 3. The van der Waals surface area contributed by atoms with Crippen molar-refractivity contribution in [2.75, 3.05) is 11.6 Å². The molecule has 2 aromatic carbocycles. The van der Waals surface area contributed by atoms with Crippen molar-refractivity contribution in [1.29, 1.82) is 0 Å². The second-order valence-electron chi connectivity index (χ2n) is 6.92. The van der Waals surface area contributed by atoms with Crippen LogP contribution < -0.4 is 10.9 Å². The fourth-order valence-electron chi connectivity index (χ4n) is 3.37. The van der Waals surface area contributed by atoms with Crippen LogP contribution in [0.3, 0.4) is 0 Å². The normalized spacial score (nSPS) is 12.7. The predicted molar refractivity (Wildman–Crippen MR) is 118 cm³/mol. The van der Waals surface area contributed by atoms with Crippen LogP contribution in [0, 0.1) is 0 Å². The number of fused-ring (bicyclic) bond motifs is 1. The predicted octanol–water partition coefficient (Wildman–Crippen LogP) is 4.38. The molecule has 170 valence electrons. The fourth-order valence-corrected chi connectivity index (χ4v) is 4.47. The fraction of sp³-hybridized carbons (Fsp3) is 0.0952. The van der Waals surface area contributed by atoms with Crippen molar-refractivity contribution in [3.63, 3.8) is 0 Å². The Morgan fingerprint density at radius 3 is 2.64 bits per heavy atom. The Morgan fingerprint density at radius 2 is 1.97 bits per heavy atom. The topological polar surface area (TPSA) is 103 Å². The van der Waals surface area contributed by atoms with Crippen molar-refractivity contribution in [3.05, 3.63) is 81.5 Å². The van der Waals surface area contributed by atoms with E-state index in [2.05, 4.69) is 15.4 Å². The SMILES string of the molecule is C[S+]([O-])c1ccc(NC(=O)c2cnn(-c3cccc4c(=O)[nH]ccc34)c2C(F)(F)F)cc1Cl. The number of carbonyl (C=O) groups excluding carboxylic acids is 1. The number of nitrogens with zero attached hydrogens (tertiary/aromatic N) is 2. The first-order chi connectivity index (χ1) is 15.6. The van der Waals surface area contributed by atoms with E-state index in [1.807, 2.05) is 0 Å². The van der Waals surface area contributed by atoms with Gasteiger partial charge in [0.25, 0.3) is 11.5 Å². The summed E-state index contributed by atoms with van der Waals surface area (Å²) in [4.78, 5) is 27.6. The van der Waals surface area contributed by atoms with Gasteiger partial charge in [-0.05, 0) is 47.6 Å².